The number of hydrazone groups is 1. The SMILES string of the molecule is COc1cc(/C=N/NC(=O)c2cc(-c3ccc(C)cc3)nc3ccccc23)ccc1O. The molecule has 3 aromatic carbocycles. The van der Waals surface area contributed by atoms with Gasteiger partial charge in [-0.3, -0.25) is 4.79 Å². The Labute approximate surface area is 179 Å². The maximum atomic E-state index is 12.9. The molecule has 154 valence electrons. The largest absolute Gasteiger partial charge is 0.504 e. The Morgan fingerprint density at radius 3 is 2.61 bits per heavy atom. The van der Waals surface area contributed by atoms with Crippen LogP contribution < -0.4 is 10.2 Å². The number of phenolic OH excluding ortho intramolecular Hbond substituents is 1. The summed E-state index contributed by atoms with van der Waals surface area (Å²) in [5.74, 6) is 0.0303. The van der Waals surface area contributed by atoms with Gasteiger partial charge < -0.3 is 9.84 Å². The molecule has 0 aliphatic carbocycles. The molecule has 1 heterocycles. The molecule has 0 fully saturated rings. The van der Waals surface area contributed by atoms with E-state index >= 15 is 0 Å². The van der Waals surface area contributed by atoms with Crippen LogP contribution in [0.25, 0.3) is 22.2 Å². The van der Waals surface area contributed by atoms with E-state index in [4.69, 9.17) is 9.72 Å². The van der Waals surface area contributed by atoms with E-state index in [-0.39, 0.29) is 11.7 Å². The van der Waals surface area contributed by atoms with E-state index < -0.39 is 0 Å². The number of nitrogens with zero attached hydrogens (tertiary/aromatic N) is 2. The Hall–Kier alpha value is -4.19. The van der Waals surface area contributed by atoms with Crippen molar-refractivity contribution in [3.63, 3.8) is 0 Å². The van der Waals surface area contributed by atoms with Crippen LogP contribution in [0.4, 0.5) is 0 Å². The molecule has 0 aliphatic rings. The minimum atomic E-state index is -0.339. The van der Waals surface area contributed by atoms with Crippen molar-refractivity contribution in [2.75, 3.05) is 7.11 Å². The highest BCUT2D eigenvalue weighted by Gasteiger charge is 2.13. The summed E-state index contributed by atoms with van der Waals surface area (Å²) in [7, 11) is 1.47. The Morgan fingerprint density at radius 1 is 1.06 bits per heavy atom. The maximum Gasteiger partial charge on any atom is 0.272 e. The molecule has 0 aliphatic heterocycles. The van der Waals surface area contributed by atoms with Gasteiger partial charge in [0.2, 0.25) is 0 Å². The van der Waals surface area contributed by atoms with Gasteiger partial charge in [0.15, 0.2) is 11.5 Å². The average Bonchev–Trinajstić information content (AvgIpc) is 2.79. The van der Waals surface area contributed by atoms with E-state index in [1.807, 2.05) is 55.5 Å². The van der Waals surface area contributed by atoms with Crippen molar-refractivity contribution >= 4 is 23.0 Å². The number of aromatic nitrogens is 1. The lowest BCUT2D eigenvalue weighted by Gasteiger charge is -2.09. The number of fused-ring (bicyclic) bond motifs is 1. The first kappa shape index (κ1) is 20.1. The lowest BCUT2D eigenvalue weighted by atomic mass is 10.0. The number of aromatic hydroxyl groups is 1. The van der Waals surface area contributed by atoms with Crippen LogP contribution >= 0.6 is 0 Å². The zero-order chi connectivity index (χ0) is 21.8. The number of methoxy groups -OCH3 is 1. The Kier molecular flexibility index (Phi) is 5.62. The Balaban J connectivity index is 1.64. The average molecular weight is 411 g/mol. The standard InChI is InChI=1S/C25H21N3O3/c1-16-7-10-18(11-8-16)22-14-20(19-5-3-4-6-21(19)27-22)25(30)28-26-15-17-9-12-23(29)24(13-17)31-2/h3-15,29H,1-2H3,(H,28,30)/b26-15+. The summed E-state index contributed by atoms with van der Waals surface area (Å²) in [5, 5.41) is 14.5. The number of hydrogen-bond donors (Lipinski definition) is 2. The molecule has 1 amide bonds. The summed E-state index contributed by atoms with van der Waals surface area (Å²) in [6.45, 7) is 2.03. The van der Waals surface area contributed by atoms with E-state index in [2.05, 4.69) is 10.5 Å². The minimum absolute atomic E-state index is 0.0376. The summed E-state index contributed by atoms with van der Waals surface area (Å²) in [4.78, 5) is 17.7. The van der Waals surface area contributed by atoms with Crippen LogP contribution in [0.15, 0.2) is 77.9 Å². The van der Waals surface area contributed by atoms with E-state index in [0.29, 0.717) is 16.9 Å². The van der Waals surface area contributed by atoms with Crippen LogP contribution in [0.2, 0.25) is 0 Å². The molecule has 0 spiro atoms. The van der Waals surface area contributed by atoms with Gasteiger partial charge in [-0.1, -0.05) is 48.0 Å². The highest BCUT2D eigenvalue weighted by atomic mass is 16.5. The number of aryl methyl sites for hydroxylation is 1. The summed E-state index contributed by atoms with van der Waals surface area (Å²) in [6, 6.07) is 22.1. The van der Waals surface area contributed by atoms with Crippen molar-refractivity contribution in [3.05, 3.63) is 89.5 Å². The molecule has 0 saturated heterocycles. The summed E-state index contributed by atoms with van der Waals surface area (Å²) >= 11 is 0. The quantitative estimate of drug-likeness (QED) is 0.369. The Morgan fingerprint density at radius 2 is 1.84 bits per heavy atom. The number of phenols is 1. The number of carbonyl (C=O) groups is 1. The van der Waals surface area contributed by atoms with Crippen molar-refractivity contribution in [2.24, 2.45) is 5.10 Å². The zero-order valence-electron chi connectivity index (χ0n) is 17.2. The second-order valence-corrected chi connectivity index (χ2v) is 7.07. The lowest BCUT2D eigenvalue weighted by Crippen LogP contribution is -2.18. The minimum Gasteiger partial charge on any atom is -0.504 e. The number of carbonyl (C=O) groups excluding carboxylic acids is 1. The van der Waals surface area contributed by atoms with Crippen molar-refractivity contribution in [1.82, 2.24) is 10.4 Å². The molecule has 0 unspecified atom stereocenters. The first-order chi connectivity index (χ1) is 15.0. The van der Waals surface area contributed by atoms with Gasteiger partial charge in [0.1, 0.15) is 0 Å². The number of rotatable bonds is 5. The fraction of sp³-hybridized carbons (Fsp3) is 0.0800. The normalized spacial score (nSPS) is 11.0. The number of pyridine rings is 1. The third kappa shape index (κ3) is 4.38. The lowest BCUT2D eigenvalue weighted by molar-refractivity contribution is 0.0956. The number of amides is 1. The molecule has 4 aromatic rings. The second-order valence-electron chi connectivity index (χ2n) is 7.07. The highest BCUT2D eigenvalue weighted by Crippen LogP contribution is 2.26. The smallest absolute Gasteiger partial charge is 0.272 e. The molecular formula is C25H21N3O3. The number of para-hydroxylation sites is 1. The monoisotopic (exact) mass is 411 g/mol. The van der Waals surface area contributed by atoms with Gasteiger partial charge in [0, 0.05) is 10.9 Å². The van der Waals surface area contributed by atoms with Crippen LogP contribution in [0.3, 0.4) is 0 Å². The van der Waals surface area contributed by atoms with Gasteiger partial charge in [-0.15, -0.1) is 0 Å². The molecule has 31 heavy (non-hydrogen) atoms. The molecule has 0 bridgehead atoms. The molecule has 1 aromatic heterocycles. The summed E-state index contributed by atoms with van der Waals surface area (Å²) in [6.07, 6.45) is 1.49. The Bertz CT molecular complexity index is 1280. The predicted molar refractivity (Wildman–Crippen MR) is 122 cm³/mol. The second kappa shape index (κ2) is 8.67. The van der Waals surface area contributed by atoms with Crippen LogP contribution in [-0.4, -0.2) is 29.3 Å². The van der Waals surface area contributed by atoms with Gasteiger partial charge in [-0.25, -0.2) is 10.4 Å². The topological polar surface area (TPSA) is 83.8 Å². The molecule has 6 nitrogen and oxygen atoms in total. The molecular weight excluding hydrogens is 390 g/mol. The molecule has 6 heteroatoms. The molecule has 0 saturated carbocycles. The first-order valence-electron chi connectivity index (χ1n) is 9.72. The van der Waals surface area contributed by atoms with E-state index in [9.17, 15) is 9.90 Å². The fourth-order valence-corrected chi connectivity index (χ4v) is 3.24. The van der Waals surface area contributed by atoms with Crippen molar-refractivity contribution < 1.29 is 14.6 Å². The number of hydrogen-bond acceptors (Lipinski definition) is 5. The first-order valence-corrected chi connectivity index (χ1v) is 9.72. The van der Waals surface area contributed by atoms with Gasteiger partial charge >= 0.3 is 0 Å². The van der Waals surface area contributed by atoms with E-state index in [1.165, 1.54) is 19.4 Å². The third-order valence-corrected chi connectivity index (χ3v) is 4.89. The molecule has 4 rings (SSSR count). The third-order valence-electron chi connectivity index (χ3n) is 4.89. The maximum absolute atomic E-state index is 12.9. The number of benzene rings is 3. The van der Waals surface area contributed by atoms with Crippen LogP contribution in [0.5, 0.6) is 11.5 Å². The van der Waals surface area contributed by atoms with Crippen LogP contribution in [-0.2, 0) is 0 Å². The van der Waals surface area contributed by atoms with Gasteiger partial charge in [0.25, 0.3) is 5.91 Å². The van der Waals surface area contributed by atoms with Gasteiger partial charge in [-0.2, -0.15) is 5.10 Å². The molecule has 0 radical (unpaired) electrons. The van der Waals surface area contributed by atoms with Gasteiger partial charge in [0.05, 0.1) is 30.1 Å². The summed E-state index contributed by atoms with van der Waals surface area (Å²) in [5.41, 5.74) is 7.29. The van der Waals surface area contributed by atoms with Crippen molar-refractivity contribution in [3.8, 4) is 22.8 Å². The molecule has 0 atom stereocenters. The van der Waals surface area contributed by atoms with Crippen LogP contribution in [0, 0.1) is 6.92 Å². The van der Waals surface area contributed by atoms with Crippen molar-refractivity contribution in [2.45, 2.75) is 6.92 Å². The van der Waals surface area contributed by atoms with Crippen molar-refractivity contribution in [1.29, 1.82) is 0 Å². The number of nitrogens with one attached hydrogen (secondary N) is 1. The highest BCUT2D eigenvalue weighted by molar-refractivity contribution is 6.07. The van der Waals surface area contributed by atoms with E-state index in [0.717, 1.165) is 27.7 Å². The van der Waals surface area contributed by atoms with E-state index in [1.54, 1.807) is 18.2 Å². The zero-order valence-corrected chi connectivity index (χ0v) is 17.2. The van der Waals surface area contributed by atoms with Gasteiger partial charge in [-0.05, 0) is 42.8 Å². The summed E-state index contributed by atoms with van der Waals surface area (Å²) < 4.78 is 5.09. The molecule has 2 N–H and O–H groups in total. The fourth-order valence-electron chi connectivity index (χ4n) is 3.24. The predicted octanol–water partition coefficient (Wildman–Crippen LogP) is 4.69. The number of ether oxygens (including phenoxy) is 1. The van der Waals surface area contributed by atoms with Crippen LogP contribution in [0.1, 0.15) is 21.5 Å².